The predicted octanol–water partition coefficient (Wildman–Crippen LogP) is 2.76. The van der Waals surface area contributed by atoms with Gasteiger partial charge >= 0.3 is 5.97 Å². The maximum atomic E-state index is 12.0. The van der Waals surface area contributed by atoms with Crippen molar-refractivity contribution in [2.24, 2.45) is 5.73 Å². The summed E-state index contributed by atoms with van der Waals surface area (Å²) in [5.74, 6) is 0.221. The first-order valence-electron chi connectivity index (χ1n) is 6.83. The summed E-state index contributed by atoms with van der Waals surface area (Å²) < 4.78 is 5.24. The van der Waals surface area contributed by atoms with Gasteiger partial charge in [0.2, 0.25) is 0 Å². The van der Waals surface area contributed by atoms with Crippen LogP contribution in [0.25, 0.3) is 0 Å². The number of carbonyl (C=O) groups excluding carboxylic acids is 1. The monoisotopic (exact) mass is 305 g/mol. The van der Waals surface area contributed by atoms with Crippen LogP contribution in [0.15, 0.2) is 30.5 Å². The van der Waals surface area contributed by atoms with Crippen molar-refractivity contribution in [2.45, 2.75) is 31.4 Å². The van der Waals surface area contributed by atoms with Crippen LogP contribution >= 0.6 is 11.6 Å². The molecule has 0 atom stereocenters. The molecule has 1 aromatic carbocycles. The van der Waals surface area contributed by atoms with Gasteiger partial charge in [0.1, 0.15) is 18.1 Å². The second-order valence-electron chi connectivity index (χ2n) is 5.36. The Labute approximate surface area is 127 Å². The summed E-state index contributed by atoms with van der Waals surface area (Å²) >= 11 is 5.80. The molecule has 3 N–H and O–H groups in total. The fraction of sp³-hybridized carbons (Fsp3) is 0.333. The number of nitrogens with zero attached hydrogens (tertiary/aromatic N) is 1. The van der Waals surface area contributed by atoms with Gasteiger partial charge in [-0.1, -0.05) is 23.7 Å². The quantitative estimate of drug-likeness (QED) is 0.851. The largest absolute Gasteiger partial charge is 0.456 e. The minimum absolute atomic E-state index is 0.193. The highest BCUT2D eigenvalue weighted by molar-refractivity contribution is 6.30. The smallest absolute Gasteiger partial charge is 0.356 e. The fourth-order valence-corrected chi connectivity index (χ4v) is 2.41. The number of benzene rings is 1. The van der Waals surface area contributed by atoms with E-state index in [1.807, 2.05) is 12.1 Å². The number of carbonyl (C=O) groups is 1. The Morgan fingerprint density at radius 1 is 1.38 bits per heavy atom. The third-order valence-electron chi connectivity index (χ3n) is 3.80. The van der Waals surface area contributed by atoms with Crippen LogP contribution in [-0.2, 0) is 16.9 Å². The van der Waals surface area contributed by atoms with Crippen LogP contribution in [0.4, 0.5) is 0 Å². The van der Waals surface area contributed by atoms with Gasteiger partial charge in [-0.3, -0.25) is 0 Å². The van der Waals surface area contributed by atoms with Gasteiger partial charge in [0, 0.05) is 5.02 Å². The van der Waals surface area contributed by atoms with Crippen molar-refractivity contribution in [2.75, 3.05) is 0 Å². The Balaban J connectivity index is 1.62. The van der Waals surface area contributed by atoms with Crippen LogP contribution in [0.2, 0.25) is 5.02 Å². The topological polar surface area (TPSA) is 81.0 Å². The Morgan fingerprint density at radius 3 is 2.71 bits per heavy atom. The Hall–Kier alpha value is -1.85. The Morgan fingerprint density at radius 2 is 2.10 bits per heavy atom. The summed E-state index contributed by atoms with van der Waals surface area (Å²) in [5, 5.41) is 0.650. The molecule has 1 saturated carbocycles. The van der Waals surface area contributed by atoms with E-state index in [-0.39, 0.29) is 6.61 Å². The number of H-pyrrole nitrogens is 1. The minimum Gasteiger partial charge on any atom is -0.456 e. The molecule has 5 nitrogen and oxygen atoms in total. The summed E-state index contributed by atoms with van der Waals surface area (Å²) in [7, 11) is 0. The molecule has 21 heavy (non-hydrogen) atoms. The SMILES string of the molecule is NC1(c2ncc(C(=O)OCc3ccc(Cl)cc3)[nH]2)CCC1. The van der Waals surface area contributed by atoms with Gasteiger partial charge in [-0.25, -0.2) is 9.78 Å². The maximum absolute atomic E-state index is 12.0. The van der Waals surface area contributed by atoms with Gasteiger partial charge in [0.25, 0.3) is 0 Å². The summed E-state index contributed by atoms with van der Waals surface area (Å²) in [5.41, 5.74) is 6.96. The number of ether oxygens (including phenoxy) is 1. The molecule has 3 rings (SSSR count). The summed E-state index contributed by atoms with van der Waals surface area (Å²) in [6.07, 6.45) is 4.35. The molecule has 110 valence electrons. The van der Waals surface area contributed by atoms with Gasteiger partial charge in [0.05, 0.1) is 11.7 Å². The van der Waals surface area contributed by atoms with Crippen molar-refractivity contribution in [3.8, 4) is 0 Å². The van der Waals surface area contributed by atoms with E-state index in [0.29, 0.717) is 16.5 Å². The molecular formula is C15H16ClN3O2. The van der Waals surface area contributed by atoms with E-state index in [9.17, 15) is 4.79 Å². The first-order valence-corrected chi connectivity index (χ1v) is 7.21. The van der Waals surface area contributed by atoms with E-state index in [1.54, 1.807) is 12.1 Å². The van der Waals surface area contributed by atoms with Crippen molar-refractivity contribution >= 4 is 17.6 Å². The molecule has 1 aliphatic rings. The molecule has 1 aromatic heterocycles. The van der Waals surface area contributed by atoms with Crippen LogP contribution in [0.1, 0.15) is 41.1 Å². The Kier molecular flexibility index (Phi) is 3.69. The molecule has 1 heterocycles. The Bertz CT molecular complexity index is 647. The minimum atomic E-state index is -0.438. The highest BCUT2D eigenvalue weighted by Gasteiger charge is 2.37. The molecular weight excluding hydrogens is 290 g/mol. The predicted molar refractivity (Wildman–Crippen MR) is 78.9 cm³/mol. The number of aromatic nitrogens is 2. The number of nitrogens with one attached hydrogen (secondary N) is 1. The van der Waals surface area contributed by atoms with Gasteiger partial charge in [0.15, 0.2) is 0 Å². The zero-order valence-electron chi connectivity index (χ0n) is 11.4. The lowest BCUT2D eigenvalue weighted by Crippen LogP contribution is -2.44. The highest BCUT2D eigenvalue weighted by Crippen LogP contribution is 2.36. The number of hydrogen-bond acceptors (Lipinski definition) is 4. The van der Waals surface area contributed by atoms with Crippen molar-refractivity contribution in [3.63, 3.8) is 0 Å². The third kappa shape index (κ3) is 2.94. The molecule has 2 aromatic rings. The molecule has 0 bridgehead atoms. The maximum Gasteiger partial charge on any atom is 0.356 e. The number of halogens is 1. The van der Waals surface area contributed by atoms with E-state index in [4.69, 9.17) is 22.1 Å². The molecule has 1 aliphatic carbocycles. The van der Waals surface area contributed by atoms with Crippen LogP contribution in [0.3, 0.4) is 0 Å². The molecule has 0 aliphatic heterocycles. The molecule has 0 amide bonds. The fourth-order valence-electron chi connectivity index (χ4n) is 2.28. The van der Waals surface area contributed by atoms with E-state index in [0.717, 1.165) is 24.8 Å². The molecule has 0 saturated heterocycles. The highest BCUT2D eigenvalue weighted by atomic mass is 35.5. The first kappa shape index (κ1) is 14.1. The van der Waals surface area contributed by atoms with Crippen LogP contribution < -0.4 is 5.73 Å². The summed E-state index contributed by atoms with van der Waals surface area (Å²) in [4.78, 5) is 19.1. The van der Waals surface area contributed by atoms with Crippen LogP contribution in [-0.4, -0.2) is 15.9 Å². The zero-order chi connectivity index (χ0) is 14.9. The average Bonchev–Trinajstić information content (AvgIpc) is 2.94. The molecule has 0 spiro atoms. The van der Waals surface area contributed by atoms with E-state index in [1.165, 1.54) is 6.20 Å². The lowest BCUT2D eigenvalue weighted by Gasteiger charge is -2.35. The molecule has 1 fully saturated rings. The van der Waals surface area contributed by atoms with Crippen LogP contribution in [0, 0.1) is 0 Å². The number of rotatable bonds is 4. The van der Waals surface area contributed by atoms with Crippen molar-refractivity contribution < 1.29 is 9.53 Å². The third-order valence-corrected chi connectivity index (χ3v) is 4.05. The van der Waals surface area contributed by atoms with Crippen molar-refractivity contribution in [1.29, 1.82) is 0 Å². The van der Waals surface area contributed by atoms with Gasteiger partial charge in [-0.15, -0.1) is 0 Å². The number of aromatic amines is 1. The number of imidazole rings is 1. The number of hydrogen-bond donors (Lipinski definition) is 2. The standard InChI is InChI=1S/C15H16ClN3O2/c16-11-4-2-10(3-5-11)9-21-13(20)12-8-18-14(19-12)15(17)6-1-7-15/h2-5,8H,1,6-7,9,17H2,(H,18,19). The lowest BCUT2D eigenvalue weighted by atomic mass is 9.77. The molecule has 0 unspecified atom stereocenters. The van der Waals surface area contributed by atoms with E-state index < -0.39 is 11.5 Å². The number of nitrogens with two attached hydrogens (primary N) is 1. The summed E-state index contributed by atoms with van der Waals surface area (Å²) in [6.45, 7) is 0.193. The zero-order valence-corrected chi connectivity index (χ0v) is 12.2. The van der Waals surface area contributed by atoms with Gasteiger partial charge in [-0.2, -0.15) is 0 Å². The van der Waals surface area contributed by atoms with Crippen LogP contribution in [0.5, 0.6) is 0 Å². The van der Waals surface area contributed by atoms with Crippen molar-refractivity contribution in [3.05, 3.63) is 52.6 Å². The van der Waals surface area contributed by atoms with Gasteiger partial charge in [-0.05, 0) is 37.0 Å². The average molecular weight is 306 g/mol. The molecule has 6 heteroatoms. The second kappa shape index (κ2) is 5.50. The van der Waals surface area contributed by atoms with E-state index >= 15 is 0 Å². The normalized spacial score (nSPS) is 16.3. The molecule has 0 radical (unpaired) electrons. The number of esters is 1. The van der Waals surface area contributed by atoms with Gasteiger partial charge < -0.3 is 15.5 Å². The van der Waals surface area contributed by atoms with Crippen molar-refractivity contribution in [1.82, 2.24) is 9.97 Å². The lowest BCUT2D eigenvalue weighted by molar-refractivity contribution is 0.0466. The van der Waals surface area contributed by atoms with E-state index in [2.05, 4.69) is 9.97 Å². The second-order valence-corrected chi connectivity index (χ2v) is 5.79. The summed E-state index contributed by atoms with van der Waals surface area (Å²) in [6, 6.07) is 7.15. The first-order chi connectivity index (χ1) is 10.1.